The molecule has 0 unspecified atom stereocenters. The van der Waals surface area contributed by atoms with Crippen LogP contribution in [0.1, 0.15) is 12.8 Å². The maximum Gasteiger partial charge on any atom is 0.224 e. The minimum absolute atomic E-state index is 0.498. The average molecular weight is 270 g/mol. The van der Waals surface area contributed by atoms with Gasteiger partial charge in [0.2, 0.25) is 5.95 Å². The first kappa shape index (κ1) is 13.4. The Morgan fingerprint density at radius 3 is 2.72 bits per heavy atom. The highest BCUT2D eigenvalue weighted by Crippen LogP contribution is 2.27. The summed E-state index contributed by atoms with van der Waals surface area (Å²) in [5.41, 5.74) is 0. The van der Waals surface area contributed by atoms with Gasteiger partial charge in [0.05, 0.1) is 6.20 Å². The fourth-order valence-electron chi connectivity index (χ4n) is 2.28. The van der Waals surface area contributed by atoms with E-state index in [2.05, 4.69) is 39.2 Å². The van der Waals surface area contributed by atoms with Crippen molar-refractivity contribution in [3.63, 3.8) is 0 Å². The predicted molar refractivity (Wildman–Crippen MR) is 75.5 cm³/mol. The normalized spacial score (nSPS) is 17.8. The highest BCUT2D eigenvalue weighted by atomic mass is 35.5. The molecule has 0 spiro atoms. The third kappa shape index (κ3) is 2.84. The van der Waals surface area contributed by atoms with Crippen molar-refractivity contribution in [3.8, 4) is 0 Å². The van der Waals surface area contributed by atoms with E-state index in [0.717, 1.165) is 31.7 Å². The van der Waals surface area contributed by atoms with E-state index in [1.807, 2.05) is 7.05 Å². The molecular formula is C12H20ClN5. The maximum atomic E-state index is 6.19. The van der Waals surface area contributed by atoms with Gasteiger partial charge in [-0.2, -0.15) is 4.98 Å². The van der Waals surface area contributed by atoms with Crippen LogP contribution in [0.5, 0.6) is 0 Å². The third-order valence-electron chi connectivity index (χ3n) is 3.52. The number of nitrogens with one attached hydrogen (secondary N) is 1. The van der Waals surface area contributed by atoms with Gasteiger partial charge >= 0.3 is 0 Å². The molecule has 1 N–H and O–H groups in total. The van der Waals surface area contributed by atoms with Crippen LogP contribution in [0, 0.1) is 0 Å². The lowest BCUT2D eigenvalue weighted by molar-refractivity contribution is 0.252. The molecule has 100 valence electrons. The molecule has 0 bridgehead atoms. The van der Waals surface area contributed by atoms with Crippen LogP contribution in [0.15, 0.2) is 6.20 Å². The van der Waals surface area contributed by atoms with Gasteiger partial charge in [-0.25, -0.2) is 4.98 Å². The zero-order valence-electron chi connectivity index (χ0n) is 11.1. The van der Waals surface area contributed by atoms with Crippen LogP contribution < -0.4 is 10.2 Å². The fraction of sp³-hybridized carbons (Fsp3) is 0.667. The quantitative estimate of drug-likeness (QED) is 0.905. The standard InChI is InChI=1S/C12H20ClN5/c1-14-12-15-8-10(13)11(16-12)18(3)9-4-6-17(2)7-5-9/h8-9H,4-7H2,1-3H3,(H,14,15,16). The maximum absolute atomic E-state index is 6.19. The number of piperidine rings is 1. The molecule has 0 amide bonds. The van der Waals surface area contributed by atoms with Crippen molar-refractivity contribution in [1.82, 2.24) is 14.9 Å². The Morgan fingerprint density at radius 1 is 1.44 bits per heavy atom. The molecule has 1 fully saturated rings. The topological polar surface area (TPSA) is 44.3 Å². The van der Waals surface area contributed by atoms with Crippen molar-refractivity contribution in [2.75, 3.05) is 44.4 Å². The summed E-state index contributed by atoms with van der Waals surface area (Å²) in [5.74, 6) is 1.42. The van der Waals surface area contributed by atoms with E-state index >= 15 is 0 Å². The van der Waals surface area contributed by atoms with Gasteiger partial charge in [0.1, 0.15) is 5.02 Å². The van der Waals surface area contributed by atoms with Crippen molar-refractivity contribution >= 4 is 23.4 Å². The summed E-state index contributed by atoms with van der Waals surface area (Å²) in [5, 5.41) is 3.55. The van der Waals surface area contributed by atoms with Gasteiger partial charge in [0.25, 0.3) is 0 Å². The first-order valence-electron chi connectivity index (χ1n) is 6.23. The lowest BCUT2D eigenvalue weighted by atomic mass is 10.0. The van der Waals surface area contributed by atoms with Crippen LogP contribution in [0.25, 0.3) is 0 Å². The Labute approximate surface area is 113 Å². The summed E-state index contributed by atoms with van der Waals surface area (Å²) in [6.45, 7) is 2.24. The summed E-state index contributed by atoms with van der Waals surface area (Å²) in [4.78, 5) is 13.1. The molecule has 2 heterocycles. The van der Waals surface area contributed by atoms with Crippen molar-refractivity contribution in [2.45, 2.75) is 18.9 Å². The van der Waals surface area contributed by atoms with E-state index in [-0.39, 0.29) is 0 Å². The molecule has 1 aliphatic rings. The van der Waals surface area contributed by atoms with E-state index in [0.29, 0.717) is 17.0 Å². The molecule has 0 aliphatic carbocycles. The number of likely N-dealkylation sites (tertiary alicyclic amines) is 1. The summed E-state index contributed by atoms with van der Waals surface area (Å²) < 4.78 is 0. The van der Waals surface area contributed by atoms with Gasteiger partial charge in [-0.3, -0.25) is 0 Å². The van der Waals surface area contributed by atoms with Crippen LogP contribution in [0.2, 0.25) is 5.02 Å². The molecule has 0 radical (unpaired) electrons. The zero-order chi connectivity index (χ0) is 13.1. The molecule has 6 heteroatoms. The van der Waals surface area contributed by atoms with E-state index in [1.54, 1.807) is 6.20 Å². The van der Waals surface area contributed by atoms with Crippen molar-refractivity contribution in [2.24, 2.45) is 0 Å². The number of hydrogen-bond donors (Lipinski definition) is 1. The minimum Gasteiger partial charge on any atom is -0.357 e. The number of hydrogen-bond acceptors (Lipinski definition) is 5. The van der Waals surface area contributed by atoms with E-state index in [4.69, 9.17) is 11.6 Å². The summed E-state index contributed by atoms with van der Waals surface area (Å²) in [6, 6.07) is 0.498. The molecule has 0 atom stereocenters. The van der Waals surface area contributed by atoms with Gasteiger partial charge in [-0.1, -0.05) is 11.6 Å². The van der Waals surface area contributed by atoms with Crippen LogP contribution in [-0.2, 0) is 0 Å². The van der Waals surface area contributed by atoms with Crippen molar-refractivity contribution in [3.05, 3.63) is 11.2 Å². The molecule has 5 nitrogen and oxygen atoms in total. The fourth-order valence-corrected chi connectivity index (χ4v) is 2.51. The summed E-state index contributed by atoms with van der Waals surface area (Å²) >= 11 is 6.19. The van der Waals surface area contributed by atoms with Gasteiger partial charge in [0.15, 0.2) is 5.82 Å². The number of rotatable bonds is 3. The molecule has 1 saturated heterocycles. The average Bonchev–Trinajstić information content (AvgIpc) is 2.39. The second-order valence-corrected chi connectivity index (χ2v) is 5.17. The van der Waals surface area contributed by atoms with Gasteiger partial charge in [-0.05, 0) is 33.0 Å². The van der Waals surface area contributed by atoms with Crippen molar-refractivity contribution in [1.29, 1.82) is 0 Å². The lowest BCUT2D eigenvalue weighted by Crippen LogP contribution is -2.42. The summed E-state index contributed by atoms with van der Waals surface area (Å²) in [7, 11) is 6.03. The van der Waals surface area contributed by atoms with E-state index < -0.39 is 0 Å². The Balaban J connectivity index is 2.14. The SMILES string of the molecule is CNc1ncc(Cl)c(N(C)C2CCN(C)CC2)n1. The molecule has 0 aromatic carbocycles. The third-order valence-corrected chi connectivity index (χ3v) is 3.79. The lowest BCUT2D eigenvalue weighted by Gasteiger charge is -2.36. The van der Waals surface area contributed by atoms with Crippen LogP contribution in [-0.4, -0.2) is 55.1 Å². The van der Waals surface area contributed by atoms with Crippen molar-refractivity contribution < 1.29 is 0 Å². The van der Waals surface area contributed by atoms with Gasteiger partial charge in [0, 0.05) is 20.1 Å². The monoisotopic (exact) mass is 269 g/mol. The molecule has 1 aromatic heterocycles. The highest BCUT2D eigenvalue weighted by molar-refractivity contribution is 6.32. The summed E-state index contributed by atoms with van der Waals surface area (Å²) in [6.07, 6.45) is 3.94. The van der Waals surface area contributed by atoms with E-state index in [1.165, 1.54) is 0 Å². The Kier molecular flexibility index (Phi) is 4.24. The predicted octanol–water partition coefficient (Wildman–Crippen LogP) is 1.70. The van der Waals surface area contributed by atoms with Crippen LogP contribution >= 0.6 is 11.6 Å². The molecule has 18 heavy (non-hydrogen) atoms. The number of anilines is 2. The molecule has 1 aromatic rings. The van der Waals surface area contributed by atoms with Gasteiger partial charge in [-0.15, -0.1) is 0 Å². The Morgan fingerprint density at radius 2 is 2.11 bits per heavy atom. The van der Waals surface area contributed by atoms with Crippen LogP contribution in [0.4, 0.5) is 11.8 Å². The Bertz CT molecular complexity index is 403. The Hall–Kier alpha value is -1.07. The largest absolute Gasteiger partial charge is 0.357 e. The second kappa shape index (κ2) is 5.71. The van der Waals surface area contributed by atoms with E-state index in [9.17, 15) is 0 Å². The second-order valence-electron chi connectivity index (χ2n) is 4.76. The molecule has 0 saturated carbocycles. The molecule has 2 rings (SSSR count). The number of nitrogens with zero attached hydrogens (tertiary/aromatic N) is 4. The molecular weight excluding hydrogens is 250 g/mol. The molecule has 1 aliphatic heterocycles. The number of aromatic nitrogens is 2. The highest BCUT2D eigenvalue weighted by Gasteiger charge is 2.23. The van der Waals surface area contributed by atoms with Crippen LogP contribution in [0.3, 0.4) is 0 Å². The smallest absolute Gasteiger partial charge is 0.224 e. The first-order chi connectivity index (χ1) is 8.61. The first-order valence-corrected chi connectivity index (χ1v) is 6.61. The van der Waals surface area contributed by atoms with Gasteiger partial charge < -0.3 is 15.1 Å². The zero-order valence-corrected chi connectivity index (χ0v) is 11.9. The minimum atomic E-state index is 0.498. The number of halogens is 1.